The van der Waals surface area contributed by atoms with E-state index in [9.17, 15) is 9.18 Å². The molecule has 0 aromatic heterocycles. The third kappa shape index (κ3) is 6.63. The van der Waals surface area contributed by atoms with E-state index in [4.69, 9.17) is 9.47 Å². The average Bonchev–Trinajstić information content (AvgIpc) is 3.15. The number of amides is 1. The molecule has 2 aliphatic rings. The Kier molecular flexibility index (Phi) is 8.80. The number of hydrogen-bond donors (Lipinski definition) is 2. The van der Waals surface area contributed by atoms with Gasteiger partial charge < -0.3 is 20.1 Å². The first-order valence-corrected chi connectivity index (χ1v) is 9.66. The molecule has 3 atom stereocenters. The first-order valence-electron chi connectivity index (χ1n) is 9.66. The molecule has 5 nitrogen and oxygen atoms in total. The lowest BCUT2D eigenvalue weighted by Crippen LogP contribution is -2.34. The van der Waals surface area contributed by atoms with Crippen molar-refractivity contribution < 1.29 is 18.7 Å². The van der Waals surface area contributed by atoms with Crippen LogP contribution in [0.1, 0.15) is 39.0 Å². The standard InChI is InChI=1S/C20H29FN2O3.ClH/c1-14(15-4-2-8-22-12-15)10-20(24)23-18-11-16(21)6-7-19(18)26-13-17-5-3-9-25-17;/h6-7,11,14-15,17,22H,2-5,8-10,12-13H2,1H3,(H,23,24);1H. The normalized spacial score (nSPS) is 23.3. The number of rotatable bonds is 7. The van der Waals surface area contributed by atoms with Crippen LogP contribution >= 0.6 is 12.4 Å². The van der Waals surface area contributed by atoms with Crippen molar-refractivity contribution in [1.29, 1.82) is 0 Å². The average molecular weight is 401 g/mol. The number of anilines is 1. The zero-order chi connectivity index (χ0) is 18.4. The Morgan fingerprint density at radius 1 is 1.41 bits per heavy atom. The molecule has 2 aliphatic heterocycles. The minimum Gasteiger partial charge on any atom is -0.489 e. The van der Waals surface area contributed by atoms with Gasteiger partial charge in [0.25, 0.3) is 0 Å². The highest BCUT2D eigenvalue weighted by Gasteiger charge is 2.23. The second-order valence-electron chi connectivity index (χ2n) is 7.42. The van der Waals surface area contributed by atoms with E-state index in [1.807, 2.05) is 0 Å². The summed E-state index contributed by atoms with van der Waals surface area (Å²) in [7, 11) is 0. The molecule has 0 saturated carbocycles. The molecular weight excluding hydrogens is 371 g/mol. The predicted octanol–water partition coefficient (Wildman–Crippen LogP) is 3.77. The van der Waals surface area contributed by atoms with Crippen LogP contribution in [-0.2, 0) is 9.53 Å². The largest absolute Gasteiger partial charge is 0.489 e. The van der Waals surface area contributed by atoms with Crippen LogP contribution < -0.4 is 15.4 Å². The lowest BCUT2D eigenvalue weighted by Gasteiger charge is -2.28. The highest BCUT2D eigenvalue weighted by molar-refractivity contribution is 5.92. The molecule has 0 spiro atoms. The fourth-order valence-corrected chi connectivity index (χ4v) is 3.71. The second-order valence-corrected chi connectivity index (χ2v) is 7.42. The van der Waals surface area contributed by atoms with Gasteiger partial charge in [0, 0.05) is 19.1 Å². The summed E-state index contributed by atoms with van der Waals surface area (Å²) in [4.78, 5) is 12.5. The summed E-state index contributed by atoms with van der Waals surface area (Å²) in [6, 6.07) is 4.22. The maximum atomic E-state index is 13.7. The molecule has 3 unspecified atom stereocenters. The van der Waals surface area contributed by atoms with E-state index in [1.54, 1.807) is 6.07 Å². The van der Waals surface area contributed by atoms with Gasteiger partial charge in [-0.05, 0) is 62.7 Å². The van der Waals surface area contributed by atoms with Crippen LogP contribution in [0.2, 0.25) is 0 Å². The topological polar surface area (TPSA) is 59.6 Å². The Balaban J connectivity index is 0.00000261. The number of hydrogen-bond acceptors (Lipinski definition) is 4. The molecule has 152 valence electrons. The van der Waals surface area contributed by atoms with Crippen LogP contribution in [-0.4, -0.2) is 38.3 Å². The number of carbonyl (C=O) groups is 1. The fourth-order valence-electron chi connectivity index (χ4n) is 3.71. The smallest absolute Gasteiger partial charge is 0.224 e. The molecule has 1 aromatic carbocycles. The van der Waals surface area contributed by atoms with Crippen LogP contribution in [0.4, 0.5) is 10.1 Å². The van der Waals surface area contributed by atoms with Gasteiger partial charge in [0.05, 0.1) is 11.8 Å². The van der Waals surface area contributed by atoms with E-state index in [1.165, 1.54) is 12.1 Å². The van der Waals surface area contributed by atoms with Gasteiger partial charge in [-0.15, -0.1) is 12.4 Å². The molecule has 27 heavy (non-hydrogen) atoms. The Hall–Kier alpha value is -1.37. The van der Waals surface area contributed by atoms with Crippen LogP contribution in [0.5, 0.6) is 5.75 Å². The van der Waals surface area contributed by atoms with Crippen LogP contribution in [0.3, 0.4) is 0 Å². The summed E-state index contributed by atoms with van der Waals surface area (Å²) < 4.78 is 25.0. The third-order valence-corrected chi connectivity index (χ3v) is 5.31. The minimum absolute atomic E-state index is 0. The number of nitrogens with one attached hydrogen (secondary N) is 2. The molecule has 3 rings (SSSR count). The van der Waals surface area contributed by atoms with E-state index in [-0.39, 0.29) is 30.3 Å². The van der Waals surface area contributed by atoms with Gasteiger partial charge in [-0.25, -0.2) is 4.39 Å². The molecular formula is C20H30ClFN2O3. The third-order valence-electron chi connectivity index (χ3n) is 5.31. The number of benzene rings is 1. The monoisotopic (exact) mass is 400 g/mol. The summed E-state index contributed by atoms with van der Waals surface area (Å²) in [6.07, 6.45) is 4.81. The lowest BCUT2D eigenvalue weighted by molar-refractivity contribution is -0.117. The van der Waals surface area contributed by atoms with Crippen molar-refractivity contribution in [2.45, 2.75) is 45.1 Å². The molecule has 0 bridgehead atoms. The van der Waals surface area contributed by atoms with Crippen molar-refractivity contribution in [2.75, 3.05) is 31.6 Å². The van der Waals surface area contributed by atoms with Gasteiger partial charge in [0.1, 0.15) is 18.2 Å². The maximum Gasteiger partial charge on any atom is 0.224 e. The van der Waals surface area contributed by atoms with E-state index >= 15 is 0 Å². The molecule has 2 saturated heterocycles. The predicted molar refractivity (Wildman–Crippen MR) is 106 cm³/mol. The zero-order valence-electron chi connectivity index (χ0n) is 15.8. The molecule has 1 aromatic rings. The van der Waals surface area contributed by atoms with Crippen molar-refractivity contribution in [3.63, 3.8) is 0 Å². The van der Waals surface area contributed by atoms with E-state index in [0.717, 1.165) is 45.4 Å². The molecule has 2 N–H and O–H groups in total. The van der Waals surface area contributed by atoms with Gasteiger partial charge >= 0.3 is 0 Å². The van der Waals surface area contributed by atoms with Gasteiger partial charge in [-0.1, -0.05) is 6.92 Å². The van der Waals surface area contributed by atoms with Gasteiger partial charge in [-0.3, -0.25) is 4.79 Å². The van der Waals surface area contributed by atoms with Crippen LogP contribution in [0.15, 0.2) is 18.2 Å². The minimum atomic E-state index is -0.394. The molecule has 0 radical (unpaired) electrons. The van der Waals surface area contributed by atoms with Gasteiger partial charge in [0.15, 0.2) is 0 Å². The Bertz CT molecular complexity index is 605. The zero-order valence-corrected chi connectivity index (χ0v) is 16.7. The quantitative estimate of drug-likeness (QED) is 0.731. The van der Waals surface area contributed by atoms with E-state index in [0.29, 0.717) is 30.4 Å². The van der Waals surface area contributed by atoms with Crippen molar-refractivity contribution in [3.05, 3.63) is 24.0 Å². The van der Waals surface area contributed by atoms with Gasteiger partial charge in [-0.2, -0.15) is 0 Å². The maximum absolute atomic E-state index is 13.7. The highest BCUT2D eigenvalue weighted by Crippen LogP contribution is 2.28. The molecule has 2 fully saturated rings. The number of halogens is 2. The lowest BCUT2D eigenvalue weighted by atomic mass is 9.85. The van der Waals surface area contributed by atoms with Crippen molar-refractivity contribution >= 4 is 24.0 Å². The van der Waals surface area contributed by atoms with Crippen molar-refractivity contribution in [2.24, 2.45) is 11.8 Å². The molecule has 7 heteroatoms. The summed E-state index contributed by atoms with van der Waals surface area (Å²) in [5.74, 6) is 0.789. The SMILES string of the molecule is CC(CC(=O)Nc1cc(F)ccc1OCC1CCCO1)C1CCCNC1.Cl. The van der Waals surface area contributed by atoms with E-state index < -0.39 is 5.82 Å². The highest BCUT2D eigenvalue weighted by atomic mass is 35.5. The molecule has 2 heterocycles. The molecule has 1 amide bonds. The Labute approximate surface area is 166 Å². The van der Waals surface area contributed by atoms with Crippen molar-refractivity contribution in [1.82, 2.24) is 5.32 Å². The second kappa shape index (κ2) is 10.8. The summed E-state index contributed by atoms with van der Waals surface area (Å²) in [5.41, 5.74) is 0.391. The first-order chi connectivity index (χ1) is 12.6. The van der Waals surface area contributed by atoms with Crippen molar-refractivity contribution in [3.8, 4) is 5.75 Å². The fraction of sp³-hybridized carbons (Fsp3) is 0.650. The van der Waals surface area contributed by atoms with E-state index in [2.05, 4.69) is 17.6 Å². The number of ether oxygens (including phenoxy) is 2. The van der Waals surface area contributed by atoms with Crippen LogP contribution in [0, 0.1) is 17.7 Å². The first kappa shape index (κ1) is 21.9. The van der Waals surface area contributed by atoms with Crippen LogP contribution in [0.25, 0.3) is 0 Å². The Morgan fingerprint density at radius 3 is 2.96 bits per heavy atom. The number of piperidine rings is 1. The molecule has 0 aliphatic carbocycles. The number of carbonyl (C=O) groups excluding carboxylic acids is 1. The summed E-state index contributed by atoms with van der Waals surface area (Å²) >= 11 is 0. The Morgan fingerprint density at radius 2 is 2.26 bits per heavy atom. The summed E-state index contributed by atoms with van der Waals surface area (Å²) in [5, 5.41) is 6.22. The van der Waals surface area contributed by atoms with Gasteiger partial charge in [0.2, 0.25) is 5.91 Å². The summed E-state index contributed by atoms with van der Waals surface area (Å²) in [6.45, 7) is 5.31.